The standard InChI is InChI=1S/C12H8F3NOS/c1-7-10(18-6-16-7)8-2-4-9(5-3-8)11(17)12(13,14)15/h2-6H,1H3. The summed E-state index contributed by atoms with van der Waals surface area (Å²) in [5.74, 6) is -1.82. The zero-order valence-corrected chi connectivity index (χ0v) is 10.1. The summed E-state index contributed by atoms with van der Waals surface area (Å²) in [6, 6.07) is 5.37. The van der Waals surface area contributed by atoms with Crippen LogP contribution in [0.2, 0.25) is 0 Å². The lowest BCUT2D eigenvalue weighted by atomic mass is 10.1. The van der Waals surface area contributed by atoms with Crippen molar-refractivity contribution in [2.75, 3.05) is 0 Å². The van der Waals surface area contributed by atoms with E-state index in [1.54, 1.807) is 5.51 Å². The van der Waals surface area contributed by atoms with E-state index in [9.17, 15) is 18.0 Å². The van der Waals surface area contributed by atoms with Gasteiger partial charge in [-0.3, -0.25) is 4.79 Å². The Kier molecular flexibility index (Phi) is 3.21. The van der Waals surface area contributed by atoms with Crippen LogP contribution in [-0.2, 0) is 0 Å². The molecule has 0 aliphatic rings. The van der Waals surface area contributed by atoms with E-state index in [0.29, 0.717) is 0 Å². The Hall–Kier alpha value is -1.69. The van der Waals surface area contributed by atoms with Crippen molar-refractivity contribution < 1.29 is 18.0 Å². The van der Waals surface area contributed by atoms with Crippen molar-refractivity contribution in [3.8, 4) is 10.4 Å². The molecule has 0 amide bonds. The van der Waals surface area contributed by atoms with Crippen molar-refractivity contribution in [2.45, 2.75) is 13.1 Å². The minimum absolute atomic E-state index is 0.353. The van der Waals surface area contributed by atoms with Gasteiger partial charge in [-0.2, -0.15) is 13.2 Å². The Balaban J connectivity index is 2.32. The maximum Gasteiger partial charge on any atom is 0.454 e. The number of Topliss-reactive ketones (excluding diaryl/α,β-unsaturated/α-hetero) is 1. The molecule has 0 aliphatic heterocycles. The number of halogens is 3. The lowest BCUT2D eigenvalue weighted by Gasteiger charge is -2.05. The Labute approximate surface area is 105 Å². The largest absolute Gasteiger partial charge is 0.454 e. The molecule has 94 valence electrons. The van der Waals surface area contributed by atoms with E-state index in [0.717, 1.165) is 16.1 Å². The van der Waals surface area contributed by atoms with Gasteiger partial charge in [0, 0.05) is 5.56 Å². The Bertz CT molecular complexity index is 572. The van der Waals surface area contributed by atoms with Gasteiger partial charge in [0.1, 0.15) is 0 Å². The normalized spacial score (nSPS) is 11.6. The third-order valence-electron chi connectivity index (χ3n) is 2.41. The molecule has 18 heavy (non-hydrogen) atoms. The minimum Gasteiger partial charge on any atom is -0.284 e. The molecule has 6 heteroatoms. The van der Waals surface area contributed by atoms with Crippen LogP contribution in [0.5, 0.6) is 0 Å². The number of aromatic nitrogens is 1. The number of hydrogen-bond donors (Lipinski definition) is 0. The first-order chi connectivity index (χ1) is 8.39. The number of hydrogen-bond acceptors (Lipinski definition) is 3. The molecule has 0 saturated carbocycles. The third kappa shape index (κ3) is 2.43. The second-order valence-corrected chi connectivity index (χ2v) is 4.53. The van der Waals surface area contributed by atoms with Crippen molar-refractivity contribution in [1.82, 2.24) is 4.98 Å². The molecule has 1 aromatic carbocycles. The predicted molar refractivity (Wildman–Crippen MR) is 62.7 cm³/mol. The molecule has 0 fully saturated rings. The molecule has 1 heterocycles. The summed E-state index contributed by atoms with van der Waals surface area (Å²) in [7, 11) is 0. The van der Waals surface area contributed by atoms with Crippen LogP contribution in [0.1, 0.15) is 16.1 Å². The molecule has 2 nitrogen and oxygen atoms in total. The summed E-state index contributed by atoms with van der Waals surface area (Å²) in [5, 5.41) is 0. The molecule has 0 N–H and O–H groups in total. The van der Waals surface area contributed by atoms with Crippen LogP contribution in [0, 0.1) is 6.92 Å². The molecule has 0 atom stereocenters. The van der Waals surface area contributed by atoms with Crippen molar-refractivity contribution in [2.24, 2.45) is 0 Å². The Morgan fingerprint density at radius 3 is 2.28 bits per heavy atom. The molecule has 0 bridgehead atoms. The quantitative estimate of drug-likeness (QED) is 0.776. The fourth-order valence-corrected chi connectivity index (χ4v) is 2.33. The van der Waals surface area contributed by atoms with E-state index in [1.165, 1.54) is 35.6 Å². The summed E-state index contributed by atoms with van der Waals surface area (Å²) in [4.78, 5) is 15.9. The van der Waals surface area contributed by atoms with Gasteiger partial charge in [0.25, 0.3) is 5.78 Å². The molecule has 0 aliphatic carbocycles. The number of nitrogens with zero attached hydrogens (tertiary/aromatic N) is 1. The molecular weight excluding hydrogens is 263 g/mol. The fourth-order valence-electron chi connectivity index (χ4n) is 1.52. The van der Waals surface area contributed by atoms with Crippen molar-refractivity contribution in [3.05, 3.63) is 41.0 Å². The first-order valence-corrected chi connectivity index (χ1v) is 5.89. The number of aryl methyl sites for hydroxylation is 1. The average molecular weight is 271 g/mol. The van der Waals surface area contributed by atoms with E-state index < -0.39 is 12.0 Å². The highest BCUT2D eigenvalue weighted by atomic mass is 32.1. The smallest absolute Gasteiger partial charge is 0.284 e. The maximum absolute atomic E-state index is 12.2. The van der Waals surface area contributed by atoms with Crippen LogP contribution in [-0.4, -0.2) is 16.9 Å². The van der Waals surface area contributed by atoms with Gasteiger partial charge in [-0.25, -0.2) is 4.98 Å². The van der Waals surface area contributed by atoms with Crippen LogP contribution in [0.4, 0.5) is 13.2 Å². The van der Waals surface area contributed by atoms with E-state index in [4.69, 9.17) is 0 Å². The SMILES string of the molecule is Cc1ncsc1-c1ccc(C(=O)C(F)(F)F)cc1. The monoisotopic (exact) mass is 271 g/mol. The van der Waals surface area contributed by atoms with Crippen molar-refractivity contribution in [1.29, 1.82) is 0 Å². The summed E-state index contributed by atoms with van der Waals surface area (Å²) in [6.07, 6.45) is -4.83. The molecule has 1 aromatic heterocycles. The van der Waals surface area contributed by atoms with E-state index in [1.807, 2.05) is 6.92 Å². The molecule has 0 saturated heterocycles. The van der Waals surface area contributed by atoms with Gasteiger partial charge in [-0.05, 0) is 12.5 Å². The van der Waals surface area contributed by atoms with Gasteiger partial charge in [0.2, 0.25) is 0 Å². The first-order valence-electron chi connectivity index (χ1n) is 5.01. The number of ketones is 1. The Morgan fingerprint density at radius 1 is 1.22 bits per heavy atom. The average Bonchev–Trinajstić information content (AvgIpc) is 2.73. The number of carbonyl (C=O) groups excluding carboxylic acids is 1. The lowest BCUT2D eigenvalue weighted by molar-refractivity contribution is -0.0885. The number of rotatable bonds is 2. The first kappa shape index (κ1) is 12.8. The highest BCUT2D eigenvalue weighted by molar-refractivity contribution is 7.13. The van der Waals surface area contributed by atoms with Crippen molar-refractivity contribution >= 4 is 17.1 Å². The summed E-state index contributed by atoms with van der Waals surface area (Å²) in [5.41, 5.74) is 2.89. The zero-order valence-electron chi connectivity index (χ0n) is 9.28. The van der Waals surface area contributed by atoms with Gasteiger partial charge in [0.15, 0.2) is 0 Å². The van der Waals surface area contributed by atoms with E-state index in [2.05, 4.69) is 4.98 Å². The van der Waals surface area contributed by atoms with Gasteiger partial charge in [0.05, 0.1) is 16.1 Å². The van der Waals surface area contributed by atoms with Gasteiger partial charge in [-0.15, -0.1) is 11.3 Å². The third-order valence-corrected chi connectivity index (χ3v) is 3.39. The number of thiazole rings is 1. The predicted octanol–water partition coefficient (Wildman–Crippen LogP) is 3.86. The lowest BCUT2D eigenvalue weighted by Crippen LogP contribution is -2.22. The minimum atomic E-state index is -4.83. The van der Waals surface area contributed by atoms with E-state index in [-0.39, 0.29) is 5.56 Å². The summed E-state index contributed by atoms with van der Waals surface area (Å²) < 4.78 is 36.6. The summed E-state index contributed by atoms with van der Waals surface area (Å²) >= 11 is 1.40. The number of carbonyl (C=O) groups is 1. The second kappa shape index (κ2) is 4.53. The van der Waals surface area contributed by atoms with Crippen LogP contribution in [0.25, 0.3) is 10.4 Å². The molecule has 0 radical (unpaired) electrons. The van der Waals surface area contributed by atoms with Crippen molar-refractivity contribution in [3.63, 3.8) is 0 Å². The fraction of sp³-hybridized carbons (Fsp3) is 0.167. The van der Waals surface area contributed by atoms with Crippen LogP contribution < -0.4 is 0 Å². The second-order valence-electron chi connectivity index (χ2n) is 3.67. The van der Waals surface area contributed by atoms with Gasteiger partial charge in [-0.1, -0.05) is 24.3 Å². The van der Waals surface area contributed by atoms with Gasteiger partial charge >= 0.3 is 6.18 Å². The van der Waals surface area contributed by atoms with Gasteiger partial charge < -0.3 is 0 Å². The highest BCUT2D eigenvalue weighted by Crippen LogP contribution is 2.28. The maximum atomic E-state index is 12.2. The Morgan fingerprint density at radius 2 is 1.83 bits per heavy atom. The summed E-state index contributed by atoms with van der Waals surface area (Å²) in [6.45, 7) is 1.82. The highest BCUT2D eigenvalue weighted by Gasteiger charge is 2.39. The topological polar surface area (TPSA) is 30.0 Å². The molecule has 2 rings (SSSR count). The molecular formula is C12H8F3NOS. The van der Waals surface area contributed by atoms with Crippen LogP contribution in [0.3, 0.4) is 0 Å². The number of benzene rings is 1. The number of alkyl halides is 3. The van der Waals surface area contributed by atoms with E-state index >= 15 is 0 Å². The molecule has 0 spiro atoms. The zero-order chi connectivity index (χ0) is 13.3. The van der Waals surface area contributed by atoms with Crippen LogP contribution >= 0.6 is 11.3 Å². The molecule has 0 unspecified atom stereocenters. The molecule has 2 aromatic rings. The van der Waals surface area contributed by atoms with Crippen LogP contribution in [0.15, 0.2) is 29.8 Å².